The second-order valence-electron chi connectivity index (χ2n) is 5.43. The second kappa shape index (κ2) is 6.28. The lowest BCUT2D eigenvalue weighted by Crippen LogP contribution is -2.37. The fourth-order valence-electron chi connectivity index (χ4n) is 2.76. The zero-order valence-electron chi connectivity index (χ0n) is 11.8. The summed E-state index contributed by atoms with van der Waals surface area (Å²) in [6.45, 7) is 2.40. The van der Waals surface area contributed by atoms with Gasteiger partial charge >= 0.3 is 5.97 Å². The predicted octanol–water partition coefficient (Wildman–Crippen LogP) is 2.50. The Morgan fingerprint density at radius 2 is 2.10 bits per heavy atom. The Labute approximate surface area is 123 Å². The van der Waals surface area contributed by atoms with Crippen LogP contribution in [0.2, 0.25) is 0 Å². The first kappa shape index (κ1) is 14.1. The molecule has 0 amide bonds. The van der Waals surface area contributed by atoms with Crippen molar-refractivity contribution in [2.75, 3.05) is 19.7 Å². The number of piperidine rings is 1. The summed E-state index contributed by atoms with van der Waals surface area (Å²) in [6, 6.07) is 10.1. The van der Waals surface area contributed by atoms with Crippen molar-refractivity contribution in [1.29, 1.82) is 0 Å². The number of likely N-dealkylation sites (tertiary alicyclic amines) is 1. The van der Waals surface area contributed by atoms with Gasteiger partial charge in [-0.1, -0.05) is 18.2 Å². The largest absolute Gasteiger partial charge is 0.480 e. The van der Waals surface area contributed by atoms with Gasteiger partial charge in [-0.05, 0) is 25.0 Å². The van der Waals surface area contributed by atoms with E-state index in [9.17, 15) is 4.79 Å². The van der Waals surface area contributed by atoms with Gasteiger partial charge in [0.1, 0.15) is 18.0 Å². The van der Waals surface area contributed by atoms with E-state index in [1.807, 2.05) is 24.3 Å². The molecule has 0 bridgehead atoms. The molecule has 5 nitrogen and oxygen atoms in total. The van der Waals surface area contributed by atoms with Crippen LogP contribution in [0.1, 0.15) is 18.6 Å². The number of aliphatic carboxylic acids is 1. The summed E-state index contributed by atoms with van der Waals surface area (Å²) in [4.78, 5) is 12.8. The van der Waals surface area contributed by atoms with Gasteiger partial charge in [0.2, 0.25) is 0 Å². The van der Waals surface area contributed by atoms with Crippen LogP contribution in [0.25, 0.3) is 11.0 Å². The highest BCUT2D eigenvalue weighted by atomic mass is 16.5. The molecule has 1 fully saturated rings. The molecule has 0 saturated carbocycles. The number of carboxylic acid groups (broad SMARTS) is 1. The summed E-state index contributed by atoms with van der Waals surface area (Å²) in [5, 5.41) is 9.74. The summed E-state index contributed by atoms with van der Waals surface area (Å²) < 4.78 is 11.2. The molecule has 1 aromatic carbocycles. The zero-order chi connectivity index (χ0) is 14.7. The molecule has 1 aliphatic heterocycles. The van der Waals surface area contributed by atoms with Crippen LogP contribution in [-0.2, 0) is 16.1 Å². The number of nitrogens with zero attached hydrogens (tertiary/aromatic N) is 1. The van der Waals surface area contributed by atoms with Crippen molar-refractivity contribution >= 4 is 16.9 Å². The number of carbonyl (C=O) groups is 1. The molecule has 1 N–H and O–H groups in total. The van der Waals surface area contributed by atoms with Crippen LogP contribution in [0.4, 0.5) is 0 Å². The molecule has 0 radical (unpaired) electrons. The molecule has 0 unspecified atom stereocenters. The molecule has 0 atom stereocenters. The number of hydrogen-bond donors (Lipinski definition) is 1. The van der Waals surface area contributed by atoms with Crippen LogP contribution >= 0.6 is 0 Å². The molecule has 112 valence electrons. The van der Waals surface area contributed by atoms with Gasteiger partial charge < -0.3 is 14.3 Å². The Kier molecular flexibility index (Phi) is 4.22. The summed E-state index contributed by atoms with van der Waals surface area (Å²) in [5.41, 5.74) is 0.923. The van der Waals surface area contributed by atoms with Crippen molar-refractivity contribution in [3.8, 4) is 0 Å². The normalized spacial score (nSPS) is 17.3. The van der Waals surface area contributed by atoms with E-state index in [1.165, 1.54) is 0 Å². The number of furan rings is 1. The van der Waals surface area contributed by atoms with Crippen LogP contribution in [-0.4, -0.2) is 41.8 Å². The number of hydrogen-bond acceptors (Lipinski definition) is 4. The highest BCUT2D eigenvalue weighted by molar-refractivity contribution is 5.77. The van der Waals surface area contributed by atoms with Crippen LogP contribution in [0.5, 0.6) is 0 Å². The van der Waals surface area contributed by atoms with Gasteiger partial charge in [-0.2, -0.15) is 0 Å². The standard InChI is InChI=1S/C16H19NO4/c18-16(19)11-20-13-5-7-17(8-6-13)10-14-9-12-3-1-2-4-15(12)21-14/h1-4,9,13H,5-8,10-11H2,(H,18,19). The maximum absolute atomic E-state index is 10.5. The molecule has 2 heterocycles. The smallest absolute Gasteiger partial charge is 0.329 e. The van der Waals surface area contributed by atoms with Crippen LogP contribution in [0, 0.1) is 0 Å². The van der Waals surface area contributed by atoms with E-state index in [0.717, 1.165) is 49.2 Å². The van der Waals surface area contributed by atoms with Crippen LogP contribution < -0.4 is 0 Å². The summed E-state index contributed by atoms with van der Waals surface area (Å²) >= 11 is 0. The molecule has 2 aromatic rings. The first-order valence-electron chi connectivity index (χ1n) is 7.24. The lowest BCUT2D eigenvalue weighted by atomic mass is 10.1. The fraction of sp³-hybridized carbons (Fsp3) is 0.438. The number of carboxylic acids is 1. The Balaban J connectivity index is 1.52. The number of ether oxygens (including phenoxy) is 1. The minimum atomic E-state index is -0.903. The van der Waals surface area contributed by atoms with Crippen molar-refractivity contribution in [1.82, 2.24) is 4.90 Å². The molecule has 5 heteroatoms. The van der Waals surface area contributed by atoms with E-state index in [-0.39, 0.29) is 12.7 Å². The van der Waals surface area contributed by atoms with Crippen LogP contribution in [0.3, 0.4) is 0 Å². The minimum Gasteiger partial charge on any atom is -0.480 e. The van der Waals surface area contributed by atoms with Gasteiger partial charge in [-0.3, -0.25) is 4.90 Å². The Morgan fingerprint density at radius 1 is 1.33 bits per heavy atom. The van der Waals surface area contributed by atoms with Crippen molar-refractivity contribution < 1.29 is 19.1 Å². The van der Waals surface area contributed by atoms with Gasteiger partial charge in [0.25, 0.3) is 0 Å². The van der Waals surface area contributed by atoms with Crippen molar-refractivity contribution in [2.24, 2.45) is 0 Å². The number of benzene rings is 1. The zero-order valence-corrected chi connectivity index (χ0v) is 11.8. The van der Waals surface area contributed by atoms with Crippen LogP contribution in [0.15, 0.2) is 34.7 Å². The minimum absolute atomic E-state index is 0.0630. The van der Waals surface area contributed by atoms with Gasteiger partial charge in [0.05, 0.1) is 12.6 Å². The SMILES string of the molecule is O=C(O)COC1CCN(Cc2cc3ccccc3o2)CC1. The third-order valence-corrected chi connectivity index (χ3v) is 3.83. The van der Waals surface area contributed by atoms with E-state index in [0.29, 0.717) is 0 Å². The molecule has 1 aromatic heterocycles. The summed E-state index contributed by atoms with van der Waals surface area (Å²) in [5.74, 6) is 0.0702. The van der Waals surface area contributed by atoms with E-state index < -0.39 is 5.97 Å². The molecule has 0 aliphatic carbocycles. The average molecular weight is 289 g/mol. The summed E-state index contributed by atoms with van der Waals surface area (Å²) in [6.07, 6.45) is 1.80. The van der Waals surface area contributed by atoms with Gasteiger partial charge in [0.15, 0.2) is 0 Å². The number of para-hydroxylation sites is 1. The molecule has 3 rings (SSSR count). The second-order valence-corrected chi connectivity index (χ2v) is 5.43. The van der Waals surface area contributed by atoms with E-state index in [2.05, 4.69) is 11.0 Å². The Morgan fingerprint density at radius 3 is 2.81 bits per heavy atom. The first-order chi connectivity index (χ1) is 10.2. The molecule has 0 spiro atoms. The van der Waals surface area contributed by atoms with E-state index in [4.69, 9.17) is 14.3 Å². The third kappa shape index (κ3) is 3.62. The highest BCUT2D eigenvalue weighted by Crippen LogP contribution is 2.22. The van der Waals surface area contributed by atoms with Gasteiger partial charge in [-0.15, -0.1) is 0 Å². The van der Waals surface area contributed by atoms with Crippen molar-refractivity contribution in [3.63, 3.8) is 0 Å². The summed E-state index contributed by atoms with van der Waals surface area (Å²) in [7, 11) is 0. The number of fused-ring (bicyclic) bond motifs is 1. The topological polar surface area (TPSA) is 62.9 Å². The monoisotopic (exact) mass is 289 g/mol. The third-order valence-electron chi connectivity index (χ3n) is 3.83. The molecular weight excluding hydrogens is 270 g/mol. The fourth-order valence-corrected chi connectivity index (χ4v) is 2.76. The molecule has 21 heavy (non-hydrogen) atoms. The molecule has 1 aliphatic rings. The lowest BCUT2D eigenvalue weighted by Gasteiger charge is -2.30. The van der Waals surface area contributed by atoms with E-state index >= 15 is 0 Å². The van der Waals surface area contributed by atoms with Crippen molar-refractivity contribution in [2.45, 2.75) is 25.5 Å². The maximum atomic E-state index is 10.5. The van der Waals surface area contributed by atoms with Gasteiger partial charge in [-0.25, -0.2) is 4.79 Å². The average Bonchev–Trinajstić information content (AvgIpc) is 2.88. The molecule has 1 saturated heterocycles. The van der Waals surface area contributed by atoms with Gasteiger partial charge in [0, 0.05) is 18.5 Å². The lowest BCUT2D eigenvalue weighted by molar-refractivity contribution is -0.145. The highest BCUT2D eigenvalue weighted by Gasteiger charge is 2.21. The maximum Gasteiger partial charge on any atom is 0.329 e. The molecular formula is C16H19NO4. The quantitative estimate of drug-likeness (QED) is 0.916. The first-order valence-corrected chi connectivity index (χ1v) is 7.24. The predicted molar refractivity (Wildman–Crippen MR) is 78.1 cm³/mol. The van der Waals surface area contributed by atoms with E-state index in [1.54, 1.807) is 0 Å². The Hall–Kier alpha value is -1.85. The number of rotatable bonds is 5. The Bertz CT molecular complexity index is 581. The van der Waals surface area contributed by atoms with Crippen molar-refractivity contribution in [3.05, 3.63) is 36.1 Å².